The summed E-state index contributed by atoms with van der Waals surface area (Å²) in [6, 6.07) is 0. The fraction of sp³-hybridized carbons (Fsp3) is 1.00. The van der Waals surface area contributed by atoms with Crippen molar-refractivity contribution in [3.05, 3.63) is 0 Å². The van der Waals surface area contributed by atoms with E-state index in [1.54, 1.807) is 0 Å². The molecule has 0 aromatic rings. The highest BCUT2D eigenvalue weighted by Crippen LogP contribution is 2.28. The first-order valence-corrected chi connectivity index (χ1v) is 6.86. The van der Waals surface area contributed by atoms with Crippen LogP contribution in [0, 0.1) is 11.8 Å². The van der Waals surface area contributed by atoms with Gasteiger partial charge in [-0.2, -0.15) is 0 Å². The molecule has 0 aliphatic heterocycles. The zero-order valence-electron chi connectivity index (χ0n) is 10.2. The molecule has 0 nitrogen and oxygen atoms in total. The average molecular weight is 212 g/mol. The van der Waals surface area contributed by atoms with Gasteiger partial charge >= 0.3 is 0 Å². The lowest BCUT2D eigenvalue weighted by Crippen LogP contribution is -2.08. The molecule has 2 rings (SSSR count). The van der Waals surface area contributed by atoms with E-state index in [-0.39, 0.29) is 7.43 Å². The predicted molar refractivity (Wildman–Crippen MR) is 71.2 cm³/mol. The summed E-state index contributed by atoms with van der Waals surface area (Å²) < 4.78 is 0. The van der Waals surface area contributed by atoms with Crippen molar-refractivity contribution in [1.29, 1.82) is 0 Å². The van der Waals surface area contributed by atoms with Gasteiger partial charge in [0.1, 0.15) is 0 Å². The van der Waals surface area contributed by atoms with Gasteiger partial charge in [0.05, 0.1) is 0 Å². The van der Waals surface area contributed by atoms with Crippen LogP contribution in [-0.4, -0.2) is 0 Å². The van der Waals surface area contributed by atoms with Crippen LogP contribution in [-0.2, 0) is 0 Å². The van der Waals surface area contributed by atoms with E-state index < -0.39 is 0 Å². The largest absolute Gasteiger partial charge is 0.0776 e. The second-order valence-corrected chi connectivity index (χ2v) is 5.12. The molecule has 0 spiro atoms. The normalized spacial score (nSPS) is 22.0. The highest BCUT2D eigenvalue weighted by Gasteiger charge is 2.13. The van der Waals surface area contributed by atoms with Crippen LogP contribution in [0.2, 0.25) is 0 Å². The maximum absolute atomic E-state index is 2.32. The molecule has 0 heterocycles. The van der Waals surface area contributed by atoms with E-state index in [2.05, 4.69) is 13.8 Å². The molecule has 92 valence electrons. The Hall–Kier alpha value is 0. The van der Waals surface area contributed by atoms with Gasteiger partial charge in [-0.15, -0.1) is 0 Å². The number of hydrogen-bond acceptors (Lipinski definition) is 0. The molecule has 2 saturated carbocycles. The Morgan fingerprint density at radius 3 is 1.27 bits per heavy atom. The van der Waals surface area contributed by atoms with Crippen LogP contribution < -0.4 is 0 Å². The summed E-state index contributed by atoms with van der Waals surface area (Å²) in [6.45, 7) is 4.60. The Balaban J connectivity index is 0.000000253. The first kappa shape index (κ1) is 15.0. The smallest absolute Gasteiger partial charge is 0.0417 e. The topological polar surface area (TPSA) is 0 Å². The van der Waals surface area contributed by atoms with Crippen molar-refractivity contribution in [1.82, 2.24) is 0 Å². The molecule has 0 atom stereocenters. The van der Waals surface area contributed by atoms with E-state index in [4.69, 9.17) is 0 Å². The Bertz CT molecular complexity index is 115. The van der Waals surface area contributed by atoms with Crippen LogP contribution in [0.25, 0.3) is 0 Å². The Kier molecular flexibility index (Phi) is 9.24. The molecule has 15 heavy (non-hydrogen) atoms. The van der Waals surface area contributed by atoms with Gasteiger partial charge in [-0.3, -0.25) is 0 Å². The van der Waals surface area contributed by atoms with Crippen molar-refractivity contribution in [3.63, 3.8) is 0 Å². The van der Waals surface area contributed by atoms with E-state index in [1.807, 2.05) is 0 Å². The summed E-state index contributed by atoms with van der Waals surface area (Å²) in [5.74, 6) is 2.20. The lowest BCUT2D eigenvalue weighted by atomic mass is 9.84. The minimum atomic E-state index is 0. The predicted octanol–water partition coefficient (Wildman–Crippen LogP) is 5.81. The zero-order chi connectivity index (χ0) is 10.2. The van der Waals surface area contributed by atoms with E-state index in [1.165, 1.54) is 64.2 Å². The van der Waals surface area contributed by atoms with Gasteiger partial charge in [-0.25, -0.2) is 0 Å². The van der Waals surface area contributed by atoms with Crippen molar-refractivity contribution in [3.8, 4) is 0 Å². The van der Waals surface area contributed by atoms with Crippen LogP contribution in [0.1, 0.15) is 85.5 Å². The highest BCUT2D eigenvalue weighted by atomic mass is 14.2. The summed E-state index contributed by atoms with van der Waals surface area (Å²) in [4.78, 5) is 0. The van der Waals surface area contributed by atoms with Crippen LogP contribution in [0.4, 0.5) is 0 Å². The van der Waals surface area contributed by atoms with E-state index in [0.29, 0.717) is 0 Å². The fourth-order valence-electron chi connectivity index (χ4n) is 2.50. The lowest BCUT2D eigenvalue weighted by Gasteiger charge is -2.22. The minimum Gasteiger partial charge on any atom is -0.0776 e. The molecule has 2 fully saturated rings. The van der Waals surface area contributed by atoms with Gasteiger partial charge in [-0.1, -0.05) is 85.5 Å². The fourth-order valence-corrected chi connectivity index (χ4v) is 2.50. The van der Waals surface area contributed by atoms with Crippen molar-refractivity contribution < 1.29 is 0 Å². The first-order valence-electron chi connectivity index (χ1n) is 6.86. The minimum absolute atomic E-state index is 0. The average Bonchev–Trinajstić information content (AvgIpc) is 2.18. The summed E-state index contributed by atoms with van der Waals surface area (Å²) in [5, 5.41) is 0. The second kappa shape index (κ2) is 9.24. The van der Waals surface area contributed by atoms with Crippen LogP contribution in [0.5, 0.6) is 0 Å². The molecule has 2 aliphatic carbocycles. The molecule has 0 saturated heterocycles. The molecule has 0 aromatic heterocycles. The van der Waals surface area contributed by atoms with Gasteiger partial charge in [-0.05, 0) is 11.8 Å². The van der Waals surface area contributed by atoms with Crippen molar-refractivity contribution in [2.24, 2.45) is 11.8 Å². The molecule has 0 amide bonds. The van der Waals surface area contributed by atoms with E-state index in [9.17, 15) is 0 Å². The number of hydrogen-bond donors (Lipinski definition) is 0. The molecule has 0 bridgehead atoms. The number of rotatable bonds is 2. The quantitative estimate of drug-likeness (QED) is 0.542. The molecular weight excluding hydrogens is 180 g/mol. The van der Waals surface area contributed by atoms with Crippen LogP contribution >= 0.6 is 0 Å². The van der Waals surface area contributed by atoms with E-state index >= 15 is 0 Å². The van der Waals surface area contributed by atoms with Crippen LogP contribution in [0.15, 0.2) is 0 Å². The highest BCUT2D eigenvalue weighted by molar-refractivity contribution is 4.66. The third kappa shape index (κ3) is 6.22. The summed E-state index contributed by atoms with van der Waals surface area (Å²) in [7, 11) is 0. The van der Waals surface area contributed by atoms with Crippen molar-refractivity contribution in [2.45, 2.75) is 85.5 Å². The first-order chi connectivity index (χ1) is 6.86. The zero-order valence-corrected chi connectivity index (χ0v) is 10.2. The Morgan fingerprint density at radius 1 is 0.667 bits per heavy atom. The summed E-state index contributed by atoms with van der Waals surface area (Å²) in [5.41, 5.74) is 0. The third-order valence-electron chi connectivity index (χ3n) is 4.10. The maximum atomic E-state index is 2.32. The molecule has 0 N–H and O–H groups in total. The van der Waals surface area contributed by atoms with E-state index in [0.717, 1.165) is 11.8 Å². The SMILES string of the molecule is C.CCC1CCC1.CCC1CCCCC1. The van der Waals surface area contributed by atoms with Crippen LogP contribution in [0.3, 0.4) is 0 Å². The third-order valence-corrected chi connectivity index (χ3v) is 4.10. The monoisotopic (exact) mass is 212 g/mol. The second-order valence-electron chi connectivity index (χ2n) is 5.12. The Morgan fingerprint density at radius 2 is 1.07 bits per heavy atom. The Labute approximate surface area is 97.8 Å². The summed E-state index contributed by atoms with van der Waals surface area (Å²) >= 11 is 0. The van der Waals surface area contributed by atoms with Gasteiger partial charge in [0.15, 0.2) is 0 Å². The standard InChI is InChI=1S/C8H16.C6H12.CH4/c1-2-8-6-4-3-5-7-8;1-2-6-4-3-5-6;/h8H,2-7H2,1H3;6H,2-5H2,1H3;1H4. The maximum Gasteiger partial charge on any atom is -0.0417 e. The molecule has 0 radical (unpaired) electrons. The lowest BCUT2D eigenvalue weighted by molar-refractivity contribution is 0.307. The molecule has 0 unspecified atom stereocenters. The van der Waals surface area contributed by atoms with Gasteiger partial charge in [0.2, 0.25) is 0 Å². The van der Waals surface area contributed by atoms with Crippen molar-refractivity contribution in [2.75, 3.05) is 0 Å². The van der Waals surface area contributed by atoms with Crippen molar-refractivity contribution >= 4 is 0 Å². The molecule has 2 aliphatic rings. The van der Waals surface area contributed by atoms with Gasteiger partial charge in [0.25, 0.3) is 0 Å². The molecular formula is C15H32. The van der Waals surface area contributed by atoms with Gasteiger partial charge in [0, 0.05) is 0 Å². The molecule has 0 heteroatoms. The van der Waals surface area contributed by atoms with Gasteiger partial charge < -0.3 is 0 Å². The summed E-state index contributed by atoms with van der Waals surface area (Å²) in [6.07, 6.45) is 14.9. The molecule has 0 aromatic carbocycles.